The van der Waals surface area contributed by atoms with Gasteiger partial charge in [-0.15, -0.1) is 0 Å². The van der Waals surface area contributed by atoms with Crippen LogP contribution >= 0.6 is 11.3 Å². The molecular weight excluding hydrogens is 308 g/mol. The number of nitrogens with one attached hydrogen (secondary N) is 1. The maximum Gasteiger partial charge on any atom is 0.252 e. The highest BCUT2D eigenvalue weighted by Crippen LogP contribution is 2.10. The third-order valence-electron chi connectivity index (χ3n) is 3.73. The molecule has 1 aromatic heterocycles. The Morgan fingerprint density at radius 3 is 2.70 bits per heavy atom. The fourth-order valence-electron chi connectivity index (χ4n) is 2.26. The first-order valence-corrected chi connectivity index (χ1v) is 8.61. The minimum absolute atomic E-state index is 0.0769. The molecule has 0 spiro atoms. The zero-order valence-electron chi connectivity index (χ0n) is 13.5. The summed E-state index contributed by atoms with van der Waals surface area (Å²) in [6.45, 7) is 3.18. The Bertz CT molecular complexity index is 653. The average Bonchev–Trinajstić information content (AvgIpc) is 3.07. The minimum Gasteiger partial charge on any atom is -0.352 e. The molecule has 1 aromatic carbocycles. The second kappa shape index (κ2) is 8.48. The first-order chi connectivity index (χ1) is 11.1. The molecule has 0 unspecified atom stereocenters. The van der Waals surface area contributed by atoms with Gasteiger partial charge >= 0.3 is 0 Å². The number of rotatable bonds is 7. The molecule has 0 aliphatic heterocycles. The predicted molar refractivity (Wildman–Crippen MR) is 93.5 cm³/mol. The second-order valence-corrected chi connectivity index (χ2v) is 6.33. The van der Waals surface area contributed by atoms with Crippen LogP contribution in [0.3, 0.4) is 0 Å². The van der Waals surface area contributed by atoms with Crippen LogP contribution in [0.5, 0.6) is 0 Å². The summed E-state index contributed by atoms with van der Waals surface area (Å²) in [5.74, 6) is 0.0185. The van der Waals surface area contributed by atoms with E-state index in [-0.39, 0.29) is 11.8 Å². The van der Waals surface area contributed by atoms with Crippen molar-refractivity contribution in [2.45, 2.75) is 26.3 Å². The number of carbonyl (C=O) groups is 2. The topological polar surface area (TPSA) is 49.4 Å². The van der Waals surface area contributed by atoms with E-state index in [2.05, 4.69) is 5.32 Å². The van der Waals surface area contributed by atoms with Crippen LogP contribution < -0.4 is 5.32 Å². The van der Waals surface area contributed by atoms with Gasteiger partial charge in [0.2, 0.25) is 5.91 Å². The van der Waals surface area contributed by atoms with E-state index in [1.54, 1.807) is 11.0 Å². The Morgan fingerprint density at radius 1 is 1.22 bits per heavy atom. The maximum atomic E-state index is 12.1. The number of benzene rings is 1. The summed E-state index contributed by atoms with van der Waals surface area (Å²) in [6.07, 6.45) is 1.08. The Hall–Kier alpha value is -2.14. The number of carbonyl (C=O) groups excluding carboxylic acids is 2. The van der Waals surface area contributed by atoms with Gasteiger partial charge in [-0.1, -0.05) is 24.3 Å². The van der Waals surface area contributed by atoms with Crippen LogP contribution in [0.1, 0.15) is 34.3 Å². The lowest BCUT2D eigenvalue weighted by Crippen LogP contribution is -2.28. The van der Waals surface area contributed by atoms with Crippen LogP contribution in [0.2, 0.25) is 0 Å². The molecule has 2 aromatic rings. The smallest absolute Gasteiger partial charge is 0.252 e. The Balaban J connectivity index is 1.70. The lowest BCUT2D eigenvalue weighted by molar-refractivity contribution is -0.130. The van der Waals surface area contributed by atoms with Gasteiger partial charge in [-0.05, 0) is 35.9 Å². The van der Waals surface area contributed by atoms with Gasteiger partial charge in [-0.25, -0.2) is 0 Å². The van der Waals surface area contributed by atoms with Crippen molar-refractivity contribution >= 4 is 23.2 Å². The number of amides is 2. The van der Waals surface area contributed by atoms with Crippen LogP contribution in [0.4, 0.5) is 0 Å². The number of hydrogen-bond acceptors (Lipinski definition) is 3. The summed E-state index contributed by atoms with van der Waals surface area (Å²) in [4.78, 5) is 25.6. The van der Waals surface area contributed by atoms with Crippen LogP contribution in [-0.4, -0.2) is 30.3 Å². The number of thiophene rings is 1. The van der Waals surface area contributed by atoms with Crippen LogP contribution in [0, 0.1) is 6.92 Å². The van der Waals surface area contributed by atoms with Gasteiger partial charge in [0, 0.05) is 37.5 Å². The number of hydrogen-bond donors (Lipinski definition) is 1. The summed E-state index contributed by atoms with van der Waals surface area (Å²) < 4.78 is 0. The van der Waals surface area contributed by atoms with Gasteiger partial charge in [-0.2, -0.15) is 11.3 Å². The summed E-state index contributed by atoms with van der Waals surface area (Å²) >= 11 is 1.50. The van der Waals surface area contributed by atoms with Crippen molar-refractivity contribution in [3.05, 3.63) is 57.8 Å². The summed E-state index contributed by atoms with van der Waals surface area (Å²) in [5.41, 5.74) is 3.03. The fraction of sp³-hybridized carbons (Fsp3) is 0.333. The summed E-state index contributed by atoms with van der Waals surface area (Å²) in [5, 5.41) is 6.53. The van der Waals surface area contributed by atoms with Crippen molar-refractivity contribution in [2.24, 2.45) is 0 Å². The van der Waals surface area contributed by atoms with E-state index >= 15 is 0 Å². The standard InChI is InChI=1S/C18H22N2O2S/c1-14-6-3-4-7-15(14)12-20(2)17(21)8-5-10-19-18(22)16-9-11-23-13-16/h3-4,6-7,9,11,13H,5,8,10,12H2,1-2H3,(H,19,22). The SMILES string of the molecule is Cc1ccccc1CN(C)C(=O)CCCNC(=O)c1ccsc1. The zero-order valence-corrected chi connectivity index (χ0v) is 14.4. The number of aryl methyl sites for hydroxylation is 1. The van der Waals surface area contributed by atoms with Crippen LogP contribution in [0.15, 0.2) is 41.1 Å². The first kappa shape index (κ1) is 17.2. The fourth-order valence-corrected chi connectivity index (χ4v) is 2.90. The molecule has 0 radical (unpaired) electrons. The largest absolute Gasteiger partial charge is 0.352 e. The zero-order chi connectivity index (χ0) is 16.7. The van der Waals surface area contributed by atoms with Crippen molar-refractivity contribution in [3.63, 3.8) is 0 Å². The van der Waals surface area contributed by atoms with Crippen LogP contribution in [-0.2, 0) is 11.3 Å². The second-order valence-electron chi connectivity index (χ2n) is 5.55. The lowest BCUT2D eigenvalue weighted by Gasteiger charge is -2.18. The molecule has 5 heteroatoms. The van der Waals surface area contributed by atoms with Crippen molar-refractivity contribution in [2.75, 3.05) is 13.6 Å². The Labute approximate surface area is 141 Å². The van der Waals surface area contributed by atoms with Gasteiger partial charge in [-0.3, -0.25) is 9.59 Å². The molecule has 23 heavy (non-hydrogen) atoms. The molecule has 1 heterocycles. The van der Waals surface area contributed by atoms with E-state index in [1.807, 2.05) is 49.0 Å². The summed E-state index contributed by atoms with van der Waals surface area (Å²) in [6, 6.07) is 9.87. The Morgan fingerprint density at radius 2 is 2.00 bits per heavy atom. The summed E-state index contributed by atoms with van der Waals surface area (Å²) in [7, 11) is 1.82. The van der Waals surface area contributed by atoms with Gasteiger partial charge in [0.05, 0.1) is 0 Å². The van der Waals surface area contributed by atoms with E-state index in [1.165, 1.54) is 16.9 Å². The normalized spacial score (nSPS) is 10.3. The molecule has 0 fully saturated rings. The van der Waals surface area contributed by atoms with Gasteiger partial charge < -0.3 is 10.2 Å². The molecule has 0 bridgehead atoms. The monoisotopic (exact) mass is 330 g/mol. The maximum absolute atomic E-state index is 12.1. The van der Waals surface area contributed by atoms with Crippen molar-refractivity contribution in [1.82, 2.24) is 10.2 Å². The highest BCUT2D eigenvalue weighted by atomic mass is 32.1. The van der Waals surface area contributed by atoms with Gasteiger partial charge in [0.15, 0.2) is 0 Å². The van der Waals surface area contributed by atoms with Crippen molar-refractivity contribution in [1.29, 1.82) is 0 Å². The third-order valence-corrected chi connectivity index (χ3v) is 4.41. The number of nitrogens with zero attached hydrogens (tertiary/aromatic N) is 1. The molecule has 0 saturated carbocycles. The van der Waals surface area contributed by atoms with Gasteiger partial charge in [0.1, 0.15) is 0 Å². The molecule has 0 aliphatic rings. The molecule has 2 amide bonds. The quantitative estimate of drug-likeness (QED) is 0.793. The third kappa shape index (κ3) is 5.21. The Kier molecular flexibility index (Phi) is 6.35. The highest BCUT2D eigenvalue weighted by Gasteiger charge is 2.11. The van der Waals surface area contributed by atoms with E-state index < -0.39 is 0 Å². The lowest BCUT2D eigenvalue weighted by atomic mass is 10.1. The van der Waals surface area contributed by atoms with E-state index in [4.69, 9.17) is 0 Å². The molecule has 0 saturated heterocycles. The molecular formula is C18H22N2O2S. The van der Waals surface area contributed by atoms with Crippen molar-refractivity contribution in [3.8, 4) is 0 Å². The molecule has 0 aliphatic carbocycles. The minimum atomic E-state index is -0.0769. The van der Waals surface area contributed by atoms with E-state index in [9.17, 15) is 9.59 Å². The van der Waals surface area contributed by atoms with E-state index in [0.29, 0.717) is 31.5 Å². The molecule has 4 nitrogen and oxygen atoms in total. The average molecular weight is 330 g/mol. The molecule has 0 atom stereocenters. The van der Waals surface area contributed by atoms with E-state index in [0.717, 1.165) is 5.56 Å². The predicted octanol–water partition coefficient (Wildman–Crippen LogP) is 3.23. The highest BCUT2D eigenvalue weighted by molar-refractivity contribution is 7.08. The first-order valence-electron chi connectivity index (χ1n) is 7.67. The molecule has 1 N–H and O–H groups in total. The molecule has 122 valence electrons. The van der Waals surface area contributed by atoms with Crippen molar-refractivity contribution < 1.29 is 9.59 Å². The molecule has 2 rings (SSSR count). The van der Waals surface area contributed by atoms with Gasteiger partial charge in [0.25, 0.3) is 5.91 Å². The van der Waals surface area contributed by atoms with Crippen LogP contribution in [0.25, 0.3) is 0 Å².